The number of para-hydroxylation sites is 1. The lowest BCUT2D eigenvalue weighted by Crippen LogP contribution is -2.39. The number of fused-ring (bicyclic) bond motifs is 1. The molecule has 33 heavy (non-hydrogen) atoms. The molecule has 1 aliphatic heterocycles. The van der Waals surface area contributed by atoms with Gasteiger partial charge in [0.25, 0.3) is 0 Å². The van der Waals surface area contributed by atoms with Gasteiger partial charge in [-0.2, -0.15) is 4.98 Å². The lowest BCUT2D eigenvalue weighted by Gasteiger charge is -2.30. The number of aryl methyl sites for hydroxylation is 1. The van der Waals surface area contributed by atoms with E-state index in [1.54, 1.807) is 23.1 Å². The van der Waals surface area contributed by atoms with Gasteiger partial charge >= 0.3 is 0 Å². The first-order valence-electron chi connectivity index (χ1n) is 10.6. The molecule has 2 unspecified atom stereocenters. The molecule has 0 spiro atoms. The second kappa shape index (κ2) is 8.60. The molecule has 1 N–H and O–H groups in total. The summed E-state index contributed by atoms with van der Waals surface area (Å²) in [5.74, 6) is 0.124. The molecule has 1 amide bonds. The summed E-state index contributed by atoms with van der Waals surface area (Å²) in [5.41, 5.74) is 3.95. The fraction of sp³-hybridized carbons (Fsp3) is 0.160. The van der Waals surface area contributed by atoms with Gasteiger partial charge in [-0.3, -0.25) is 9.78 Å². The lowest BCUT2D eigenvalue weighted by molar-refractivity contribution is -0.118. The average molecular weight is 457 g/mol. The summed E-state index contributed by atoms with van der Waals surface area (Å²) in [4.78, 5) is 27.1. The third-order valence-corrected chi connectivity index (χ3v) is 6.07. The van der Waals surface area contributed by atoms with Crippen LogP contribution in [0.15, 0.2) is 78.0 Å². The predicted molar refractivity (Wildman–Crippen MR) is 129 cm³/mol. The number of carbonyl (C=O) groups excluding carboxylic acids is 1. The fourth-order valence-electron chi connectivity index (χ4n) is 4.07. The van der Waals surface area contributed by atoms with Crippen molar-refractivity contribution in [2.24, 2.45) is 10.9 Å². The van der Waals surface area contributed by atoms with Gasteiger partial charge < -0.3 is 5.32 Å². The van der Waals surface area contributed by atoms with Crippen LogP contribution in [0.2, 0.25) is 5.02 Å². The Morgan fingerprint density at radius 2 is 1.82 bits per heavy atom. The molecular weight excluding hydrogens is 436 g/mol. The van der Waals surface area contributed by atoms with E-state index in [0.29, 0.717) is 28.1 Å². The fourth-order valence-corrected chi connectivity index (χ4v) is 4.29. The summed E-state index contributed by atoms with van der Waals surface area (Å²) < 4.78 is 1.70. The van der Waals surface area contributed by atoms with Crippen LogP contribution in [0.1, 0.15) is 24.1 Å². The van der Waals surface area contributed by atoms with Gasteiger partial charge in [-0.15, -0.1) is 5.10 Å². The van der Waals surface area contributed by atoms with Gasteiger partial charge in [0.1, 0.15) is 5.92 Å². The van der Waals surface area contributed by atoms with Gasteiger partial charge in [0, 0.05) is 29.4 Å². The smallest absolute Gasteiger partial charge is 0.248 e. The van der Waals surface area contributed by atoms with E-state index >= 15 is 0 Å². The van der Waals surface area contributed by atoms with Crippen LogP contribution in [-0.2, 0) is 4.79 Å². The van der Waals surface area contributed by atoms with Crippen LogP contribution in [0.25, 0.3) is 11.4 Å². The number of benzene rings is 2. The van der Waals surface area contributed by atoms with Gasteiger partial charge in [0.05, 0.1) is 11.1 Å². The molecule has 0 fully saturated rings. The number of hydrogen-bond acceptors (Lipinski definition) is 5. The minimum absolute atomic E-state index is 0.167. The van der Waals surface area contributed by atoms with Crippen molar-refractivity contribution in [2.45, 2.75) is 19.9 Å². The van der Waals surface area contributed by atoms with Crippen LogP contribution in [-0.4, -0.2) is 31.4 Å². The molecule has 2 aromatic heterocycles. The Morgan fingerprint density at radius 3 is 2.58 bits per heavy atom. The van der Waals surface area contributed by atoms with Crippen molar-refractivity contribution < 1.29 is 4.79 Å². The Labute approximate surface area is 196 Å². The summed E-state index contributed by atoms with van der Waals surface area (Å²) >= 11 is 6.39. The van der Waals surface area contributed by atoms with Gasteiger partial charge in [-0.25, -0.2) is 9.67 Å². The molecule has 7 nitrogen and oxygen atoms in total. The maximum Gasteiger partial charge on any atom is 0.248 e. The van der Waals surface area contributed by atoms with Crippen LogP contribution in [0.3, 0.4) is 0 Å². The zero-order valence-corrected chi connectivity index (χ0v) is 18.9. The van der Waals surface area contributed by atoms with Gasteiger partial charge in [-0.1, -0.05) is 48.0 Å². The highest BCUT2D eigenvalue weighted by Crippen LogP contribution is 2.38. The first kappa shape index (κ1) is 21.0. The molecule has 0 radical (unpaired) electrons. The molecule has 0 aliphatic carbocycles. The van der Waals surface area contributed by atoms with E-state index in [1.165, 1.54) is 0 Å². The van der Waals surface area contributed by atoms with E-state index < -0.39 is 12.0 Å². The van der Waals surface area contributed by atoms with E-state index in [1.807, 2.05) is 68.4 Å². The monoisotopic (exact) mass is 456 g/mol. The number of hydrogen-bond donors (Lipinski definition) is 1. The Morgan fingerprint density at radius 1 is 1.03 bits per heavy atom. The maximum absolute atomic E-state index is 13.6. The number of rotatable bonds is 4. The largest absolute Gasteiger partial charge is 0.325 e. The van der Waals surface area contributed by atoms with Crippen LogP contribution in [0, 0.1) is 12.8 Å². The SMILES string of the molecule is CC1=Nc2nc(-c3ccccc3Cl)nn2C(c2cccnc2)C1C(=O)Nc1ccccc1C. The van der Waals surface area contributed by atoms with Crippen LogP contribution < -0.4 is 5.32 Å². The van der Waals surface area contributed by atoms with Crippen LogP contribution in [0.4, 0.5) is 11.6 Å². The molecule has 164 valence electrons. The molecule has 3 heterocycles. The zero-order chi connectivity index (χ0) is 22.9. The number of aliphatic imine (C=N–C) groups is 1. The summed E-state index contributed by atoms with van der Waals surface area (Å²) in [7, 11) is 0. The van der Waals surface area contributed by atoms with Gasteiger partial charge in [0.2, 0.25) is 11.9 Å². The van der Waals surface area contributed by atoms with Crippen LogP contribution in [0.5, 0.6) is 0 Å². The molecule has 2 aromatic carbocycles. The minimum atomic E-state index is -0.595. The van der Waals surface area contributed by atoms with E-state index in [0.717, 1.165) is 16.8 Å². The molecule has 5 rings (SSSR count). The first-order valence-corrected chi connectivity index (χ1v) is 10.9. The lowest BCUT2D eigenvalue weighted by atomic mass is 9.88. The average Bonchev–Trinajstić information content (AvgIpc) is 3.23. The van der Waals surface area contributed by atoms with Crippen LogP contribution >= 0.6 is 11.6 Å². The standard InChI is InChI=1S/C25H21ClN6O/c1-15-8-3-6-12-20(15)29-24(33)21-16(2)28-25-30-23(18-10-4-5-11-19(18)26)31-32(25)22(21)17-9-7-13-27-14-17/h3-14,21-22H,1-2H3,(H,29,33). The van der Waals surface area contributed by atoms with Crippen molar-refractivity contribution in [3.63, 3.8) is 0 Å². The molecular formula is C25H21ClN6O. The number of nitrogens with one attached hydrogen (secondary N) is 1. The summed E-state index contributed by atoms with van der Waals surface area (Å²) in [5, 5.41) is 8.35. The normalized spacial score (nSPS) is 17.2. The number of nitrogens with zero attached hydrogens (tertiary/aromatic N) is 5. The minimum Gasteiger partial charge on any atom is -0.325 e. The quantitative estimate of drug-likeness (QED) is 0.454. The Hall–Kier alpha value is -3.84. The molecule has 2 atom stereocenters. The number of pyridine rings is 1. The second-order valence-electron chi connectivity index (χ2n) is 7.93. The molecule has 0 saturated carbocycles. The topological polar surface area (TPSA) is 85.1 Å². The molecule has 4 aromatic rings. The highest BCUT2D eigenvalue weighted by molar-refractivity contribution is 6.33. The van der Waals surface area contributed by atoms with Crippen molar-refractivity contribution in [3.05, 3.63) is 89.2 Å². The molecule has 0 saturated heterocycles. The van der Waals surface area contributed by atoms with Crippen molar-refractivity contribution in [3.8, 4) is 11.4 Å². The van der Waals surface area contributed by atoms with Crippen molar-refractivity contribution in [1.29, 1.82) is 0 Å². The van der Waals surface area contributed by atoms with E-state index in [-0.39, 0.29) is 5.91 Å². The highest BCUT2D eigenvalue weighted by Gasteiger charge is 2.39. The third kappa shape index (κ3) is 3.91. The van der Waals surface area contributed by atoms with Crippen molar-refractivity contribution in [2.75, 3.05) is 5.32 Å². The highest BCUT2D eigenvalue weighted by atomic mass is 35.5. The predicted octanol–water partition coefficient (Wildman–Crippen LogP) is 5.25. The number of aromatic nitrogens is 4. The van der Waals surface area contributed by atoms with E-state index in [9.17, 15) is 4.79 Å². The molecule has 0 bridgehead atoms. The number of anilines is 1. The number of amides is 1. The van der Waals surface area contributed by atoms with E-state index in [4.69, 9.17) is 16.7 Å². The van der Waals surface area contributed by atoms with E-state index in [2.05, 4.69) is 20.3 Å². The van der Waals surface area contributed by atoms with Crippen molar-refractivity contribution >= 4 is 34.9 Å². The summed E-state index contributed by atoms with van der Waals surface area (Å²) in [6.45, 7) is 3.81. The third-order valence-electron chi connectivity index (χ3n) is 5.75. The Kier molecular flexibility index (Phi) is 5.48. The Bertz CT molecular complexity index is 1360. The van der Waals surface area contributed by atoms with Gasteiger partial charge in [0.15, 0.2) is 5.82 Å². The zero-order valence-electron chi connectivity index (χ0n) is 18.1. The van der Waals surface area contributed by atoms with Crippen molar-refractivity contribution in [1.82, 2.24) is 19.7 Å². The number of carbonyl (C=O) groups is 1. The summed E-state index contributed by atoms with van der Waals surface area (Å²) in [6.07, 6.45) is 3.45. The maximum atomic E-state index is 13.6. The number of halogens is 1. The summed E-state index contributed by atoms with van der Waals surface area (Å²) in [6, 6.07) is 18.4. The van der Waals surface area contributed by atoms with Gasteiger partial charge in [-0.05, 0) is 49.2 Å². The Balaban J connectivity index is 1.61. The second-order valence-corrected chi connectivity index (χ2v) is 8.33. The molecule has 8 heteroatoms. The molecule has 1 aliphatic rings. The first-order chi connectivity index (χ1) is 16.0.